The van der Waals surface area contributed by atoms with E-state index in [0.29, 0.717) is 19.5 Å². The van der Waals surface area contributed by atoms with Gasteiger partial charge in [0.2, 0.25) is 11.8 Å². The lowest BCUT2D eigenvalue weighted by Gasteiger charge is -2.39. The highest BCUT2D eigenvalue weighted by atomic mass is 16.2. The van der Waals surface area contributed by atoms with Crippen LogP contribution >= 0.6 is 0 Å². The van der Waals surface area contributed by atoms with Crippen molar-refractivity contribution in [2.45, 2.75) is 39.2 Å². The molecule has 1 fully saturated rings. The quantitative estimate of drug-likeness (QED) is 0.600. The zero-order chi connectivity index (χ0) is 15.0. The Morgan fingerprint density at radius 3 is 2.40 bits per heavy atom. The molecule has 1 aliphatic heterocycles. The highest BCUT2D eigenvalue weighted by Crippen LogP contribution is 2.15. The molecule has 1 saturated heterocycles. The summed E-state index contributed by atoms with van der Waals surface area (Å²) < 4.78 is 0. The number of hydrogen-bond donors (Lipinski definition) is 3. The average Bonchev–Trinajstić information content (AvgIpc) is 2.45. The van der Waals surface area contributed by atoms with E-state index in [-0.39, 0.29) is 11.8 Å². The summed E-state index contributed by atoms with van der Waals surface area (Å²) in [4.78, 5) is 25.9. The fourth-order valence-corrected chi connectivity index (χ4v) is 2.23. The van der Waals surface area contributed by atoms with Gasteiger partial charge >= 0.3 is 0 Å². The van der Waals surface area contributed by atoms with Gasteiger partial charge in [0, 0.05) is 45.7 Å². The normalized spacial score (nSPS) is 16.8. The molecule has 6 nitrogen and oxygen atoms in total. The van der Waals surface area contributed by atoms with Gasteiger partial charge in [-0.05, 0) is 20.3 Å². The zero-order valence-corrected chi connectivity index (χ0v) is 12.9. The van der Waals surface area contributed by atoms with Crippen LogP contribution in [0.25, 0.3) is 0 Å². The van der Waals surface area contributed by atoms with Crippen molar-refractivity contribution in [2.24, 2.45) is 0 Å². The van der Waals surface area contributed by atoms with Gasteiger partial charge in [0.1, 0.15) is 0 Å². The second kappa shape index (κ2) is 8.21. The first kappa shape index (κ1) is 16.9. The molecule has 0 aromatic rings. The summed E-state index contributed by atoms with van der Waals surface area (Å²) in [6, 6.07) is 0. The van der Waals surface area contributed by atoms with E-state index in [0.717, 1.165) is 32.6 Å². The van der Waals surface area contributed by atoms with Crippen LogP contribution in [-0.4, -0.2) is 61.5 Å². The molecule has 3 N–H and O–H groups in total. The number of nitrogens with one attached hydrogen (secondary N) is 3. The Bertz CT molecular complexity index is 325. The predicted octanol–water partition coefficient (Wildman–Crippen LogP) is -0.297. The van der Waals surface area contributed by atoms with Gasteiger partial charge in [0.25, 0.3) is 0 Å². The summed E-state index contributed by atoms with van der Waals surface area (Å²) in [7, 11) is 0. The first-order chi connectivity index (χ1) is 9.48. The van der Waals surface area contributed by atoms with Gasteiger partial charge in [-0.2, -0.15) is 0 Å². The molecule has 0 spiro atoms. The van der Waals surface area contributed by atoms with Crippen LogP contribution in [-0.2, 0) is 9.59 Å². The number of hydrogen-bond acceptors (Lipinski definition) is 4. The van der Waals surface area contributed by atoms with Crippen LogP contribution in [0, 0.1) is 0 Å². The van der Waals surface area contributed by atoms with Gasteiger partial charge in [0.05, 0.1) is 5.54 Å². The molecule has 116 valence electrons. The highest BCUT2D eigenvalue weighted by molar-refractivity contribution is 5.86. The lowest BCUT2D eigenvalue weighted by Crippen LogP contribution is -2.60. The molecule has 0 aromatic carbocycles. The molecule has 6 heteroatoms. The van der Waals surface area contributed by atoms with Crippen molar-refractivity contribution in [2.75, 3.05) is 39.3 Å². The van der Waals surface area contributed by atoms with Gasteiger partial charge < -0.3 is 16.0 Å². The van der Waals surface area contributed by atoms with Gasteiger partial charge in [-0.25, -0.2) is 0 Å². The van der Waals surface area contributed by atoms with E-state index in [1.54, 1.807) is 0 Å². The van der Waals surface area contributed by atoms with Crippen LogP contribution in [0.4, 0.5) is 0 Å². The minimum Gasteiger partial charge on any atom is -0.356 e. The number of amides is 2. The zero-order valence-electron chi connectivity index (χ0n) is 12.9. The minimum absolute atomic E-state index is 0.00729. The Morgan fingerprint density at radius 1 is 1.15 bits per heavy atom. The molecule has 0 radical (unpaired) electrons. The summed E-state index contributed by atoms with van der Waals surface area (Å²) in [5.41, 5.74) is -0.526. The Morgan fingerprint density at radius 2 is 1.80 bits per heavy atom. The Labute approximate surface area is 121 Å². The third kappa shape index (κ3) is 5.09. The van der Waals surface area contributed by atoms with Crippen molar-refractivity contribution in [1.29, 1.82) is 0 Å². The van der Waals surface area contributed by atoms with Crippen molar-refractivity contribution in [1.82, 2.24) is 20.9 Å². The van der Waals surface area contributed by atoms with E-state index in [9.17, 15) is 9.59 Å². The van der Waals surface area contributed by atoms with Crippen molar-refractivity contribution in [3.8, 4) is 0 Å². The van der Waals surface area contributed by atoms with E-state index in [2.05, 4.69) is 20.9 Å². The maximum Gasteiger partial charge on any atom is 0.239 e. The largest absolute Gasteiger partial charge is 0.356 e. The maximum atomic E-state index is 12.3. The van der Waals surface area contributed by atoms with Crippen LogP contribution in [0.1, 0.15) is 33.6 Å². The molecule has 20 heavy (non-hydrogen) atoms. The summed E-state index contributed by atoms with van der Waals surface area (Å²) >= 11 is 0. The lowest BCUT2D eigenvalue weighted by atomic mass is 10.0. The Kier molecular flexibility index (Phi) is 6.95. The van der Waals surface area contributed by atoms with Crippen molar-refractivity contribution >= 4 is 11.8 Å². The Hall–Kier alpha value is -1.14. The molecule has 2 amide bonds. The summed E-state index contributed by atoms with van der Waals surface area (Å²) in [5.74, 6) is -0.0187. The average molecular weight is 284 g/mol. The van der Waals surface area contributed by atoms with E-state index >= 15 is 0 Å². The Balaban J connectivity index is 2.31. The fraction of sp³-hybridized carbons (Fsp3) is 0.857. The number of carbonyl (C=O) groups is 2. The molecular weight excluding hydrogens is 256 g/mol. The molecule has 0 aromatic heterocycles. The van der Waals surface area contributed by atoms with Crippen LogP contribution in [0.2, 0.25) is 0 Å². The van der Waals surface area contributed by atoms with Gasteiger partial charge in [0.15, 0.2) is 0 Å². The van der Waals surface area contributed by atoms with Crippen LogP contribution in [0.15, 0.2) is 0 Å². The van der Waals surface area contributed by atoms with Crippen LogP contribution < -0.4 is 16.0 Å². The van der Waals surface area contributed by atoms with E-state index in [1.807, 2.05) is 20.8 Å². The highest BCUT2D eigenvalue weighted by Gasteiger charge is 2.34. The maximum absolute atomic E-state index is 12.3. The molecule has 0 atom stereocenters. The second-order valence-electron chi connectivity index (χ2n) is 5.65. The predicted molar refractivity (Wildman–Crippen MR) is 79.4 cm³/mol. The molecule has 1 rings (SSSR count). The molecule has 0 saturated carbocycles. The van der Waals surface area contributed by atoms with Gasteiger partial charge in [-0.1, -0.05) is 6.92 Å². The monoisotopic (exact) mass is 284 g/mol. The van der Waals surface area contributed by atoms with Crippen molar-refractivity contribution in [3.63, 3.8) is 0 Å². The first-order valence-corrected chi connectivity index (χ1v) is 7.49. The van der Waals surface area contributed by atoms with E-state index < -0.39 is 5.54 Å². The molecule has 0 unspecified atom stereocenters. The van der Waals surface area contributed by atoms with Crippen molar-refractivity contribution < 1.29 is 9.59 Å². The SMILES string of the molecule is CCCNC(=O)CCNC(=O)C(C)(C)N1CCNCC1. The lowest BCUT2D eigenvalue weighted by molar-refractivity contribution is -0.132. The van der Waals surface area contributed by atoms with Crippen LogP contribution in [0.3, 0.4) is 0 Å². The van der Waals surface area contributed by atoms with E-state index in [1.165, 1.54) is 0 Å². The number of nitrogens with zero attached hydrogens (tertiary/aromatic N) is 1. The number of carbonyl (C=O) groups excluding carboxylic acids is 2. The topological polar surface area (TPSA) is 73.5 Å². The molecular formula is C14H28N4O2. The second-order valence-corrected chi connectivity index (χ2v) is 5.65. The third-order valence-electron chi connectivity index (χ3n) is 3.67. The molecule has 0 bridgehead atoms. The van der Waals surface area contributed by atoms with Gasteiger partial charge in [-0.15, -0.1) is 0 Å². The molecule has 1 aliphatic rings. The first-order valence-electron chi connectivity index (χ1n) is 7.49. The van der Waals surface area contributed by atoms with Crippen LogP contribution in [0.5, 0.6) is 0 Å². The third-order valence-corrected chi connectivity index (χ3v) is 3.67. The molecule has 0 aliphatic carbocycles. The summed E-state index contributed by atoms with van der Waals surface area (Å²) in [5, 5.41) is 8.94. The minimum atomic E-state index is -0.526. The van der Waals surface area contributed by atoms with Crippen molar-refractivity contribution in [3.05, 3.63) is 0 Å². The summed E-state index contributed by atoms with van der Waals surface area (Å²) in [6.45, 7) is 10.5. The smallest absolute Gasteiger partial charge is 0.239 e. The number of piperazine rings is 1. The summed E-state index contributed by atoms with van der Waals surface area (Å²) in [6.07, 6.45) is 1.26. The number of rotatable bonds is 7. The standard InChI is InChI=1S/C14H28N4O2/c1-4-6-16-12(19)5-7-17-13(20)14(2,3)18-10-8-15-9-11-18/h15H,4-11H2,1-3H3,(H,16,19)(H,17,20). The van der Waals surface area contributed by atoms with E-state index in [4.69, 9.17) is 0 Å². The van der Waals surface area contributed by atoms with Gasteiger partial charge in [-0.3, -0.25) is 14.5 Å². The fourth-order valence-electron chi connectivity index (χ4n) is 2.23. The molecule has 1 heterocycles.